The number of rotatable bonds is 4. The van der Waals surface area contributed by atoms with Crippen LogP contribution in [0.3, 0.4) is 0 Å². The van der Waals surface area contributed by atoms with E-state index in [-0.39, 0.29) is 12.1 Å². The number of nitrogens with zero attached hydrogens (tertiary/aromatic N) is 1. The van der Waals surface area contributed by atoms with Gasteiger partial charge in [-0.2, -0.15) is 0 Å². The number of aromatic nitrogens is 1. The van der Waals surface area contributed by atoms with Crippen molar-refractivity contribution >= 4 is 17.6 Å². The van der Waals surface area contributed by atoms with E-state index in [2.05, 4.69) is 29.5 Å². The first kappa shape index (κ1) is 13.8. The fourth-order valence-corrected chi connectivity index (χ4v) is 1.23. The Hall–Kier alpha value is -1.29. The SMILES string of the molecule is CC(C)[C@H](C)NC(=O)NCc1ccc(Cl)nc1. The summed E-state index contributed by atoms with van der Waals surface area (Å²) in [5.41, 5.74) is 0.918. The smallest absolute Gasteiger partial charge is 0.315 e. The number of carbonyl (C=O) groups is 1. The van der Waals surface area contributed by atoms with Crippen LogP contribution in [-0.2, 0) is 6.54 Å². The van der Waals surface area contributed by atoms with Crippen molar-refractivity contribution in [1.29, 1.82) is 0 Å². The molecular formula is C12H18ClN3O. The van der Waals surface area contributed by atoms with Crippen LogP contribution in [0, 0.1) is 5.92 Å². The summed E-state index contributed by atoms with van der Waals surface area (Å²) in [7, 11) is 0. The summed E-state index contributed by atoms with van der Waals surface area (Å²) in [5, 5.41) is 6.09. The van der Waals surface area contributed by atoms with Crippen molar-refractivity contribution in [2.45, 2.75) is 33.4 Å². The second-order valence-electron chi connectivity index (χ2n) is 4.35. The predicted molar refractivity (Wildman–Crippen MR) is 68.9 cm³/mol. The summed E-state index contributed by atoms with van der Waals surface area (Å²) in [6, 6.07) is 3.52. The fraction of sp³-hybridized carbons (Fsp3) is 0.500. The Labute approximate surface area is 107 Å². The Morgan fingerprint density at radius 2 is 2.12 bits per heavy atom. The number of nitrogens with one attached hydrogen (secondary N) is 2. The lowest BCUT2D eigenvalue weighted by molar-refractivity contribution is 0.234. The van der Waals surface area contributed by atoms with Crippen molar-refractivity contribution in [3.05, 3.63) is 29.0 Å². The van der Waals surface area contributed by atoms with E-state index in [1.54, 1.807) is 12.3 Å². The van der Waals surface area contributed by atoms with Crippen LogP contribution in [0.25, 0.3) is 0 Å². The highest BCUT2D eigenvalue weighted by Gasteiger charge is 2.09. The Balaban J connectivity index is 2.35. The third-order valence-corrected chi connectivity index (χ3v) is 2.82. The summed E-state index contributed by atoms with van der Waals surface area (Å²) >= 11 is 5.67. The van der Waals surface area contributed by atoms with Crippen LogP contribution >= 0.6 is 11.6 Å². The van der Waals surface area contributed by atoms with Crippen molar-refractivity contribution in [1.82, 2.24) is 15.6 Å². The highest BCUT2D eigenvalue weighted by molar-refractivity contribution is 6.29. The van der Waals surface area contributed by atoms with Crippen LogP contribution in [0.4, 0.5) is 4.79 Å². The van der Waals surface area contributed by atoms with Gasteiger partial charge < -0.3 is 10.6 Å². The second-order valence-corrected chi connectivity index (χ2v) is 4.74. The molecule has 1 atom stereocenters. The first-order chi connectivity index (χ1) is 7.99. The van der Waals surface area contributed by atoms with Crippen molar-refractivity contribution < 1.29 is 4.79 Å². The molecule has 0 spiro atoms. The molecule has 1 heterocycles. The van der Waals surface area contributed by atoms with Gasteiger partial charge in [0, 0.05) is 18.8 Å². The maximum absolute atomic E-state index is 11.5. The fourth-order valence-electron chi connectivity index (χ4n) is 1.12. The molecule has 0 saturated carbocycles. The molecule has 0 aliphatic rings. The van der Waals surface area contributed by atoms with E-state index in [0.717, 1.165) is 5.56 Å². The van der Waals surface area contributed by atoms with Crippen molar-refractivity contribution in [2.24, 2.45) is 5.92 Å². The highest BCUT2D eigenvalue weighted by Crippen LogP contribution is 2.04. The van der Waals surface area contributed by atoms with Gasteiger partial charge in [0.15, 0.2) is 0 Å². The zero-order valence-electron chi connectivity index (χ0n) is 10.3. The van der Waals surface area contributed by atoms with Crippen molar-refractivity contribution in [3.8, 4) is 0 Å². The van der Waals surface area contributed by atoms with E-state index in [0.29, 0.717) is 17.6 Å². The number of halogens is 1. The predicted octanol–water partition coefficient (Wildman–Crippen LogP) is 2.58. The van der Waals surface area contributed by atoms with Gasteiger partial charge >= 0.3 is 6.03 Å². The Morgan fingerprint density at radius 1 is 1.41 bits per heavy atom. The standard InChI is InChI=1S/C12H18ClN3O/c1-8(2)9(3)16-12(17)15-7-10-4-5-11(13)14-6-10/h4-6,8-9H,7H2,1-3H3,(H2,15,16,17)/t9-/m0/s1. The first-order valence-corrected chi connectivity index (χ1v) is 6.01. The zero-order chi connectivity index (χ0) is 12.8. The van der Waals surface area contributed by atoms with Gasteiger partial charge in [-0.3, -0.25) is 0 Å². The minimum Gasteiger partial charge on any atom is -0.335 e. The number of pyridine rings is 1. The summed E-state index contributed by atoms with van der Waals surface area (Å²) in [4.78, 5) is 15.5. The molecule has 17 heavy (non-hydrogen) atoms. The van der Waals surface area contributed by atoms with Crippen LogP contribution < -0.4 is 10.6 Å². The Kier molecular flexibility index (Phi) is 5.22. The van der Waals surface area contributed by atoms with Gasteiger partial charge in [0.05, 0.1) is 0 Å². The first-order valence-electron chi connectivity index (χ1n) is 5.64. The third-order valence-electron chi connectivity index (χ3n) is 2.60. The summed E-state index contributed by atoms with van der Waals surface area (Å²) in [6.45, 7) is 6.55. The average molecular weight is 256 g/mol. The maximum Gasteiger partial charge on any atom is 0.315 e. The lowest BCUT2D eigenvalue weighted by atomic mass is 10.1. The number of urea groups is 1. The van der Waals surface area contributed by atoms with E-state index in [4.69, 9.17) is 11.6 Å². The van der Waals surface area contributed by atoms with E-state index >= 15 is 0 Å². The quantitative estimate of drug-likeness (QED) is 0.813. The molecule has 4 nitrogen and oxygen atoms in total. The maximum atomic E-state index is 11.5. The summed E-state index contributed by atoms with van der Waals surface area (Å²) < 4.78 is 0. The Morgan fingerprint density at radius 3 is 2.65 bits per heavy atom. The van der Waals surface area contributed by atoms with Crippen LogP contribution in [-0.4, -0.2) is 17.1 Å². The number of hydrogen-bond donors (Lipinski definition) is 2. The van der Waals surface area contributed by atoms with E-state index in [1.165, 1.54) is 0 Å². The normalized spacial score (nSPS) is 12.3. The summed E-state index contributed by atoms with van der Waals surface area (Å²) in [6.07, 6.45) is 1.65. The Bertz CT molecular complexity index is 365. The summed E-state index contributed by atoms with van der Waals surface area (Å²) in [5.74, 6) is 0.415. The molecule has 2 N–H and O–H groups in total. The molecule has 1 aromatic rings. The van der Waals surface area contributed by atoms with E-state index in [9.17, 15) is 4.79 Å². The number of hydrogen-bond acceptors (Lipinski definition) is 2. The average Bonchev–Trinajstić information content (AvgIpc) is 2.28. The number of amides is 2. The minimum atomic E-state index is -0.166. The molecule has 1 aromatic heterocycles. The molecule has 0 bridgehead atoms. The molecule has 94 valence electrons. The van der Waals surface area contributed by atoms with Gasteiger partial charge in [0.1, 0.15) is 5.15 Å². The molecule has 0 aliphatic heterocycles. The topological polar surface area (TPSA) is 54.0 Å². The van der Waals surface area contributed by atoms with E-state index < -0.39 is 0 Å². The van der Waals surface area contributed by atoms with Gasteiger partial charge in [0.2, 0.25) is 0 Å². The van der Waals surface area contributed by atoms with Crippen molar-refractivity contribution in [2.75, 3.05) is 0 Å². The molecule has 0 radical (unpaired) electrons. The van der Waals surface area contributed by atoms with E-state index in [1.807, 2.05) is 13.0 Å². The molecule has 0 saturated heterocycles. The van der Waals surface area contributed by atoms with Gasteiger partial charge in [-0.1, -0.05) is 31.5 Å². The van der Waals surface area contributed by atoms with Gasteiger partial charge in [-0.15, -0.1) is 0 Å². The van der Waals surface area contributed by atoms with Crippen molar-refractivity contribution in [3.63, 3.8) is 0 Å². The zero-order valence-corrected chi connectivity index (χ0v) is 11.1. The molecule has 0 fully saturated rings. The largest absolute Gasteiger partial charge is 0.335 e. The molecule has 1 rings (SSSR count). The van der Waals surface area contributed by atoms with Crippen LogP contribution in [0.1, 0.15) is 26.3 Å². The van der Waals surface area contributed by atoms with Crippen LogP contribution in [0.15, 0.2) is 18.3 Å². The van der Waals surface area contributed by atoms with Crippen LogP contribution in [0.2, 0.25) is 5.15 Å². The molecule has 0 aromatic carbocycles. The molecule has 0 unspecified atom stereocenters. The molecular weight excluding hydrogens is 238 g/mol. The molecule has 2 amide bonds. The van der Waals surface area contributed by atoms with Gasteiger partial charge in [-0.05, 0) is 24.5 Å². The van der Waals surface area contributed by atoms with Gasteiger partial charge in [-0.25, -0.2) is 9.78 Å². The van der Waals surface area contributed by atoms with Crippen LogP contribution in [0.5, 0.6) is 0 Å². The molecule has 5 heteroatoms. The highest BCUT2D eigenvalue weighted by atomic mass is 35.5. The number of carbonyl (C=O) groups excluding carboxylic acids is 1. The minimum absolute atomic E-state index is 0.151. The molecule has 0 aliphatic carbocycles. The second kappa shape index (κ2) is 6.45. The lowest BCUT2D eigenvalue weighted by Gasteiger charge is -2.17. The monoisotopic (exact) mass is 255 g/mol. The van der Waals surface area contributed by atoms with Gasteiger partial charge in [0.25, 0.3) is 0 Å². The third kappa shape index (κ3) is 5.04. The lowest BCUT2D eigenvalue weighted by Crippen LogP contribution is -2.42.